The number of hydrogen-bond acceptors (Lipinski definition) is 2. The van der Waals surface area contributed by atoms with Crippen LogP contribution < -0.4 is 0 Å². The predicted molar refractivity (Wildman–Crippen MR) is 116 cm³/mol. The summed E-state index contributed by atoms with van der Waals surface area (Å²) in [5, 5.41) is 0. The molecule has 28 heavy (non-hydrogen) atoms. The van der Waals surface area contributed by atoms with Crippen LogP contribution in [0.4, 0.5) is 0 Å². The van der Waals surface area contributed by atoms with E-state index in [1.165, 1.54) is 27.8 Å². The molecule has 0 saturated carbocycles. The number of benzene rings is 3. The Bertz CT molecular complexity index is 971. The molecule has 0 aliphatic carbocycles. The first-order chi connectivity index (χ1) is 13.5. The summed E-state index contributed by atoms with van der Waals surface area (Å²) in [6.45, 7) is 7.07. The molecule has 0 N–H and O–H groups in total. The summed E-state index contributed by atoms with van der Waals surface area (Å²) in [6.07, 6.45) is 1.70. The molecule has 2 heteroatoms. The second-order valence-corrected chi connectivity index (χ2v) is 8.05. The zero-order chi connectivity index (χ0) is 19.6. The maximum Gasteiger partial charge on any atom is 0.217 e. The second-order valence-electron chi connectivity index (χ2n) is 8.05. The van der Waals surface area contributed by atoms with Gasteiger partial charge >= 0.3 is 0 Å². The maximum absolute atomic E-state index is 6.65. The lowest BCUT2D eigenvalue weighted by Gasteiger charge is -2.29. The van der Waals surface area contributed by atoms with E-state index in [0.29, 0.717) is 6.54 Å². The molecular formula is C26H27NO. The van der Waals surface area contributed by atoms with E-state index in [4.69, 9.17) is 9.73 Å². The fourth-order valence-electron chi connectivity index (χ4n) is 4.07. The molecule has 4 rings (SSSR count). The van der Waals surface area contributed by atoms with Crippen LogP contribution in [0.2, 0.25) is 0 Å². The van der Waals surface area contributed by atoms with E-state index in [2.05, 4.69) is 93.6 Å². The summed E-state index contributed by atoms with van der Waals surface area (Å²) < 4.78 is 6.65. The lowest BCUT2D eigenvalue weighted by molar-refractivity contribution is 0.0886. The maximum atomic E-state index is 6.65. The monoisotopic (exact) mass is 369 g/mol. The van der Waals surface area contributed by atoms with Crippen LogP contribution in [0.5, 0.6) is 0 Å². The molecule has 1 aliphatic heterocycles. The highest BCUT2D eigenvalue weighted by Crippen LogP contribution is 2.31. The lowest BCUT2D eigenvalue weighted by atomic mass is 9.87. The molecular weight excluding hydrogens is 342 g/mol. The Morgan fingerprint density at radius 3 is 1.96 bits per heavy atom. The van der Waals surface area contributed by atoms with Crippen molar-refractivity contribution in [3.63, 3.8) is 0 Å². The van der Waals surface area contributed by atoms with Crippen molar-refractivity contribution in [1.82, 2.24) is 0 Å². The van der Waals surface area contributed by atoms with Crippen molar-refractivity contribution in [3.05, 3.63) is 106 Å². The summed E-state index contributed by atoms with van der Waals surface area (Å²) >= 11 is 0. The smallest absolute Gasteiger partial charge is 0.217 e. The van der Waals surface area contributed by atoms with E-state index in [0.717, 1.165) is 24.3 Å². The van der Waals surface area contributed by atoms with Gasteiger partial charge in [-0.25, -0.2) is 4.99 Å². The Morgan fingerprint density at radius 2 is 1.39 bits per heavy atom. The number of aliphatic imine (C=N–C) groups is 1. The molecule has 1 heterocycles. The van der Waals surface area contributed by atoms with Gasteiger partial charge in [-0.3, -0.25) is 0 Å². The first kappa shape index (κ1) is 18.5. The van der Waals surface area contributed by atoms with Crippen molar-refractivity contribution in [2.45, 2.75) is 39.2 Å². The van der Waals surface area contributed by atoms with Crippen LogP contribution in [-0.2, 0) is 17.6 Å². The van der Waals surface area contributed by atoms with Crippen molar-refractivity contribution in [3.8, 4) is 0 Å². The molecule has 0 amide bonds. The second kappa shape index (κ2) is 7.63. The molecule has 0 saturated heterocycles. The molecule has 0 fully saturated rings. The molecule has 0 unspecified atom stereocenters. The number of aryl methyl sites for hydroxylation is 3. The Hall–Kier alpha value is -2.87. The van der Waals surface area contributed by atoms with Crippen LogP contribution >= 0.6 is 0 Å². The fraction of sp³-hybridized carbons (Fsp3) is 0.269. The van der Waals surface area contributed by atoms with E-state index in [-0.39, 0.29) is 5.60 Å². The minimum absolute atomic E-state index is 0.348. The molecule has 2 nitrogen and oxygen atoms in total. The quantitative estimate of drug-likeness (QED) is 0.572. The van der Waals surface area contributed by atoms with Gasteiger partial charge in [-0.1, -0.05) is 77.9 Å². The van der Waals surface area contributed by atoms with Gasteiger partial charge in [0.1, 0.15) is 5.60 Å². The summed E-state index contributed by atoms with van der Waals surface area (Å²) in [5.41, 5.74) is 7.10. The van der Waals surface area contributed by atoms with Crippen molar-refractivity contribution < 1.29 is 4.74 Å². The van der Waals surface area contributed by atoms with Crippen molar-refractivity contribution in [1.29, 1.82) is 0 Å². The fourth-order valence-corrected chi connectivity index (χ4v) is 4.07. The van der Waals surface area contributed by atoms with Crippen molar-refractivity contribution >= 4 is 5.90 Å². The van der Waals surface area contributed by atoms with Gasteiger partial charge in [0.25, 0.3) is 0 Å². The van der Waals surface area contributed by atoms with Gasteiger partial charge in [-0.05, 0) is 43.5 Å². The molecule has 3 aromatic rings. The van der Waals surface area contributed by atoms with Gasteiger partial charge < -0.3 is 4.74 Å². The molecule has 1 aliphatic rings. The molecule has 0 aromatic heterocycles. The zero-order valence-corrected chi connectivity index (χ0v) is 16.9. The highest BCUT2D eigenvalue weighted by Gasteiger charge is 2.39. The first-order valence-corrected chi connectivity index (χ1v) is 9.94. The number of rotatable bonds is 5. The minimum atomic E-state index is -0.348. The van der Waals surface area contributed by atoms with Gasteiger partial charge in [-0.15, -0.1) is 0 Å². The molecule has 3 aromatic carbocycles. The van der Waals surface area contributed by atoms with Gasteiger partial charge in [-0.2, -0.15) is 0 Å². The Labute approximate surface area is 167 Å². The minimum Gasteiger partial charge on any atom is -0.468 e. The lowest BCUT2D eigenvalue weighted by Crippen LogP contribution is -2.38. The van der Waals surface area contributed by atoms with Gasteiger partial charge in [0.15, 0.2) is 0 Å². The third kappa shape index (κ3) is 4.01. The number of hydrogen-bond donors (Lipinski definition) is 0. The summed E-state index contributed by atoms with van der Waals surface area (Å²) in [7, 11) is 0. The van der Waals surface area contributed by atoms with Crippen LogP contribution in [0.1, 0.15) is 33.4 Å². The molecule has 0 atom stereocenters. The standard InChI is InChI=1S/C26H27NO/c1-19-8-6-11-22(14-19)16-26(17-23-12-7-9-20(2)15-23)18-27-25(28-26)24-13-5-4-10-21(24)3/h4-15H,16-18H2,1-3H3. The largest absolute Gasteiger partial charge is 0.468 e. The van der Waals surface area contributed by atoms with E-state index >= 15 is 0 Å². The first-order valence-electron chi connectivity index (χ1n) is 9.94. The molecule has 0 bridgehead atoms. The van der Waals surface area contributed by atoms with Crippen LogP contribution in [0, 0.1) is 20.8 Å². The number of ether oxygens (including phenoxy) is 1. The normalized spacial score (nSPS) is 15.2. The van der Waals surface area contributed by atoms with Crippen molar-refractivity contribution in [2.75, 3.05) is 6.54 Å². The highest BCUT2D eigenvalue weighted by molar-refractivity contribution is 5.96. The number of nitrogens with zero attached hydrogens (tertiary/aromatic N) is 1. The average molecular weight is 370 g/mol. The SMILES string of the molecule is Cc1cccc(CC2(Cc3cccc(C)c3)CN=C(c3ccccc3C)O2)c1. The summed E-state index contributed by atoms with van der Waals surface area (Å²) in [6, 6.07) is 25.8. The Morgan fingerprint density at radius 1 is 0.786 bits per heavy atom. The Kier molecular flexibility index (Phi) is 5.04. The van der Waals surface area contributed by atoms with Crippen LogP contribution in [0.15, 0.2) is 77.8 Å². The van der Waals surface area contributed by atoms with Crippen LogP contribution in [0.25, 0.3) is 0 Å². The summed E-state index contributed by atoms with van der Waals surface area (Å²) in [5.74, 6) is 0.776. The van der Waals surface area contributed by atoms with Gasteiger partial charge in [0.05, 0.1) is 6.54 Å². The third-order valence-electron chi connectivity index (χ3n) is 5.42. The van der Waals surface area contributed by atoms with Crippen LogP contribution in [0.3, 0.4) is 0 Å². The molecule has 142 valence electrons. The summed E-state index contributed by atoms with van der Waals surface area (Å²) in [4.78, 5) is 4.85. The third-order valence-corrected chi connectivity index (χ3v) is 5.42. The van der Waals surface area contributed by atoms with Gasteiger partial charge in [0.2, 0.25) is 5.90 Å². The van der Waals surface area contributed by atoms with E-state index in [1.54, 1.807) is 0 Å². The zero-order valence-electron chi connectivity index (χ0n) is 16.9. The van der Waals surface area contributed by atoms with Crippen molar-refractivity contribution in [2.24, 2.45) is 4.99 Å². The predicted octanol–water partition coefficient (Wildman–Crippen LogP) is 5.61. The molecule has 0 spiro atoms. The topological polar surface area (TPSA) is 21.6 Å². The van der Waals surface area contributed by atoms with Crippen LogP contribution in [-0.4, -0.2) is 18.0 Å². The highest BCUT2D eigenvalue weighted by atomic mass is 16.5. The molecule has 0 radical (unpaired) electrons. The van der Waals surface area contributed by atoms with E-state index in [9.17, 15) is 0 Å². The van der Waals surface area contributed by atoms with E-state index in [1.807, 2.05) is 0 Å². The Balaban J connectivity index is 1.66. The average Bonchev–Trinajstić information content (AvgIpc) is 3.05. The van der Waals surface area contributed by atoms with Gasteiger partial charge in [0, 0.05) is 18.4 Å². The van der Waals surface area contributed by atoms with E-state index < -0.39 is 0 Å².